The van der Waals surface area contributed by atoms with Gasteiger partial charge in [0.05, 0.1) is 6.33 Å². The Morgan fingerprint density at radius 2 is 2.40 bits per heavy atom. The van der Waals surface area contributed by atoms with Gasteiger partial charge in [0.1, 0.15) is 9.39 Å². The molecular formula is C10H14IN3O. The lowest BCUT2D eigenvalue weighted by atomic mass is 9.83. The minimum atomic E-state index is -0.0725. The van der Waals surface area contributed by atoms with Crippen LogP contribution in [0.4, 0.5) is 5.82 Å². The molecule has 0 aromatic carbocycles. The summed E-state index contributed by atoms with van der Waals surface area (Å²) in [5.41, 5.74) is -0.0725. The van der Waals surface area contributed by atoms with Crippen molar-refractivity contribution in [1.29, 1.82) is 0 Å². The molecule has 82 valence electrons. The Bertz CT molecular complexity index is 386. The van der Waals surface area contributed by atoms with Crippen LogP contribution in [0.15, 0.2) is 11.1 Å². The smallest absolute Gasteiger partial charge is 0.266 e. The van der Waals surface area contributed by atoms with Crippen LogP contribution in [0.3, 0.4) is 0 Å². The van der Waals surface area contributed by atoms with Crippen molar-refractivity contribution in [2.75, 3.05) is 11.9 Å². The Morgan fingerprint density at radius 3 is 3.07 bits per heavy atom. The Morgan fingerprint density at radius 1 is 1.60 bits per heavy atom. The van der Waals surface area contributed by atoms with Crippen LogP contribution in [0, 0.1) is 9.49 Å². The molecular weight excluding hydrogens is 305 g/mol. The van der Waals surface area contributed by atoms with E-state index in [1.165, 1.54) is 32.0 Å². The molecule has 5 heteroatoms. The molecule has 1 aromatic heterocycles. The molecule has 2 rings (SSSR count). The molecule has 0 unspecified atom stereocenters. The summed E-state index contributed by atoms with van der Waals surface area (Å²) in [6.07, 6.45) is 6.73. The van der Waals surface area contributed by atoms with E-state index in [0.29, 0.717) is 9.39 Å². The molecule has 1 aliphatic rings. The van der Waals surface area contributed by atoms with Crippen molar-refractivity contribution in [2.45, 2.75) is 25.7 Å². The number of nitrogens with zero attached hydrogens (tertiary/aromatic N) is 1. The van der Waals surface area contributed by atoms with E-state index in [1.54, 1.807) is 0 Å². The first-order chi connectivity index (χ1) is 7.27. The number of H-pyrrole nitrogens is 1. The predicted molar refractivity (Wildman–Crippen MR) is 68.0 cm³/mol. The zero-order chi connectivity index (χ0) is 10.7. The van der Waals surface area contributed by atoms with Crippen LogP contribution >= 0.6 is 22.6 Å². The summed E-state index contributed by atoms with van der Waals surface area (Å²) >= 11 is 2.02. The molecule has 0 bridgehead atoms. The summed E-state index contributed by atoms with van der Waals surface area (Å²) in [4.78, 5) is 17.9. The van der Waals surface area contributed by atoms with E-state index < -0.39 is 0 Å². The second kappa shape index (κ2) is 4.96. The van der Waals surface area contributed by atoms with Crippen LogP contribution in [-0.2, 0) is 0 Å². The lowest BCUT2D eigenvalue weighted by Crippen LogP contribution is -2.19. The molecule has 15 heavy (non-hydrogen) atoms. The molecule has 1 fully saturated rings. The lowest BCUT2D eigenvalue weighted by Gasteiger charge is -2.25. The van der Waals surface area contributed by atoms with E-state index >= 15 is 0 Å². The molecule has 0 atom stereocenters. The molecule has 1 heterocycles. The van der Waals surface area contributed by atoms with Crippen molar-refractivity contribution < 1.29 is 0 Å². The number of anilines is 1. The van der Waals surface area contributed by atoms with Gasteiger partial charge in [0.15, 0.2) is 0 Å². The van der Waals surface area contributed by atoms with Gasteiger partial charge in [-0.1, -0.05) is 19.3 Å². The molecule has 0 amide bonds. The highest BCUT2D eigenvalue weighted by atomic mass is 127. The average Bonchev–Trinajstić information content (AvgIpc) is 2.16. The van der Waals surface area contributed by atoms with E-state index in [4.69, 9.17) is 0 Å². The Labute approximate surface area is 102 Å². The number of hydrogen-bond donors (Lipinski definition) is 2. The molecule has 0 saturated heterocycles. The summed E-state index contributed by atoms with van der Waals surface area (Å²) in [5.74, 6) is 1.59. The monoisotopic (exact) mass is 319 g/mol. The van der Waals surface area contributed by atoms with Gasteiger partial charge in [0.25, 0.3) is 5.56 Å². The minimum Gasteiger partial charge on any atom is -0.369 e. The molecule has 0 aliphatic heterocycles. The zero-order valence-corrected chi connectivity index (χ0v) is 10.6. The van der Waals surface area contributed by atoms with Crippen LogP contribution in [0.5, 0.6) is 0 Å². The maximum Gasteiger partial charge on any atom is 0.266 e. The number of hydrogen-bond acceptors (Lipinski definition) is 3. The quantitative estimate of drug-likeness (QED) is 0.835. The number of aromatic amines is 1. The molecule has 1 aliphatic carbocycles. The Kier molecular flexibility index (Phi) is 3.61. The second-order valence-electron chi connectivity index (χ2n) is 3.91. The standard InChI is InChI=1S/C10H14IN3O/c11-8-9(13-6-14-10(8)15)12-5-4-7-2-1-3-7/h6-7H,1-5H2,(H2,12,13,14,15). The van der Waals surface area contributed by atoms with Gasteiger partial charge >= 0.3 is 0 Å². The van der Waals surface area contributed by atoms with Crippen LogP contribution in [0.2, 0.25) is 0 Å². The van der Waals surface area contributed by atoms with Crippen LogP contribution in [0.25, 0.3) is 0 Å². The predicted octanol–water partition coefficient (Wildman–Crippen LogP) is 1.98. The van der Waals surface area contributed by atoms with Gasteiger partial charge in [-0.2, -0.15) is 0 Å². The van der Waals surface area contributed by atoms with E-state index in [1.807, 2.05) is 22.6 Å². The summed E-state index contributed by atoms with van der Waals surface area (Å²) in [6, 6.07) is 0. The summed E-state index contributed by atoms with van der Waals surface area (Å²) < 4.78 is 0.642. The maximum absolute atomic E-state index is 11.3. The van der Waals surface area contributed by atoms with Gasteiger partial charge in [-0.25, -0.2) is 4.98 Å². The topological polar surface area (TPSA) is 57.8 Å². The van der Waals surface area contributed by atoms with E-state index in [-0.39, 0.29) is 5.56 Å². The van der Waals surface area contributed by atoms with Crippen molar-refractivity contribution in [2.24, 2.45) is 5.92 Å². The lowest BCUT2D eigenvalue weighted by molar-refractivity contribution is 0.303. The normalized spacial score (nSPS) is 16.1. The highest BCUT2D eigenvalue weighted by molar-refractivity contribution is 14.1. The maximum atomic E-state index is 11.3. The van der Waals surface area contributed by atoms with Gasteiger partial charge in [-0.05, 0) is 34.9 Å². The molecule has 4 nitrogen and oxygen atoms in total. The van der Waals surface area contributed by atoms with Crippen molar-refractivity contribution in [3.63, 3.8) is 0 Å². The number of rotatable bonds is 4. The molecule has 0 spiro atoms. The van der Waals surface area contributed by atoms with Crippen molar-refractivity contribution >= 4 is 28.4 Å². The fourth-order valence-electron chi connectivity index (χ4n) is 1.68. The third-order valence-corrected chi connectivity index (χ3v) is 3.87. The first-order valence-electron chi connectivity index (χ1n) is 5.24. The highest BCUT2D eigenvalue weighted by Crippen LogP contribution is 2.29. The highest BCUT2D eigenvalue weighted by Gasteiger charge is 2.16. The van der Waals surface area contributed by atoms with Crippen molar-refractivity contribution in [3.05, 3.63) is 20.3 Å². The number of halogens is 1. The first kappa shape index (κ1) is 10.9. The van der Waals surface area contributed by atoms with E-state index in [9.17, 15) is 4.79 Å². The number of aromatic nitrogens is 2. The van der Waals surface area contributed by atoms with Crippen molar-refractivity contribution in [1.82, 2.24) is 9.97 Å². The third kappa shape index (κ3) is 2.70. The largest absolute Gasteiger partial charge is 0.369 e. The van der Waals surface area contributed by atoms with Crippen molar-refractivity contribution in [3.8, 4) is 0 Å². The SMILES string of the molecule is O=c1[nH]cnc(NCCC2CCC2)c1I. The molecule has 1 saturated carbocycles. The van der Waals surface area contributed by atoms with Gasteiger partial charge in [-0.3, -0.25) is 4.79 Å². The van der Waals surface area contributed by atoms with Gasteiger partial charge < -0.3 is 10.3 Å². The Balaban J connectivity index is 1.87. The van der Waals surface area contributed by atoms with Crippen LogP contribution in [0.1, 0.15) is 25.7 Å². The van der Waals surface area contributed by atoms with Gasteiger partial charge in [-0.15, -0.1) is 0 Å². The summed E-state index contributed by atoms with van der Waals surface area (Å²) in [6.45, 7) is 0.914. The molecule has 2 N–H and O–H groups in total. The molecule has 0 radical (unpaired) electrons. The molecule has 1 aromatic rings. The van der Waals surface area contributed by atoms with Gasteiger partial charge in [0.2, 0.25) is 0 Å². The minimum absolute atomic E-state index is 0.0725. The zero-order valence-electron chi connectivity index (χ0n) is 8.42. The van der Waals surface area contributed by atoms with Crippen LogP contribution in [-0.4, -0.2) is 16.5 Å². The summed E-state index contributed by atoms with van der Waals surface area (Å²) in [7, 11) is 0. The van der Waals surface area contributed by atoms with E-state index in [2.05, 4.69) is 15.3 Å². The first-order valence-corrected chi connectivity index (χ1v) is 6.32. The average molecular weight is 319 g/mol. The summed E-state index contributed by atoms with van der Waals surface area (Å²) in [5, 5.41) is 3.21. The number of nitrogens with one attached hydrogen (secondary N) is 2. The third-order valence-electron chi connectivity index (χ3n) is 2.87. The Hall–Kier alpha value is -0.590. The second-order valence-corrected chi connectivity index (χ2v) is 4.99. The van der Waals surface area contributed by atoms with Gasteiger partial charge in [0, 0.05) is 6.54 Å². The van der Waals surface area contributed by atoms with Crippen LogP contribution < -0.4 is 10.9 Å². The fraction of sp³-hybridized carbons (Fsp3) is 0.600. The fourth-order valence-corrected chi connectivity index (χ4v) is 2.17. The van der Waals surface area contributed by atoms with E-state index in [0.717, 1.165) is 12.5 Å².